The summed E-state index contributed by atoms with van der Waals surface area (Å²) in [6.07, 6.45) is -3.10. The highest BCUT2D eigenvalue weighted by Gasteiger charge is 2.28. The first-order valence-corrected chi connectivity index (χ1v) is 6.04. The molecule has 0 saturated heterocycles. The monoisotopic (exact) mass is 296 g/mol. The van der Waals surface area contributed by atoms with E-state index >= 15 is 0 Å². The van der Waals surface area contributed by atoms with Gasteiger partial charge in [-0.1, -0.05) is 11.6 Å². The Labute approximate surface area is 115 Å². The molecule has 0 aliphatic heterocycles. The molecule has 0 unspecified atom stereocenters. The van der Waals surface area contributed by atoms with Gasteiger partial charge in [-0.15, -0.1) is 0 Å². The number of halogens is 4. The molecule has 19 heavy (non-hydrogen) atoms. The largest absolute Gasteiger partial charge is 0.468 e. The molecule has 0 saturated carbocycles. The van der Waals surface area contributed by atoms with Crippen molar-refractivity contribution in [1.29, 1.82) is 0 Å². The fourth-order valence-corrected chi connectivity index (χ4v) is 1.36. The van der Waals surface area contributed by atoms with Gasteiger partial charge in [0.05, 0.1) is 5.02 Å². The van der Waals surface area contributed by atoms with E-state index in [1.807, 2.05) is 20.8 Å². The highest BCUT2D eigenvalue weighted by Crippen LogP contribution is 2.22. The molecule has 0 fully saturated rings. The van der Waals surface area contributed by atoms with Crippen molar-refractivity contribution >= 4 is 11.6 Å². The van der Waals surface area contributed by atoms with Crippen molar-refractivity contribution in [3.05, 3.63) is 22.8 Å². The third kappa shape index (κ3) is 6.63. The predicted molar refractivity (Wildman–Crippen MR) is 67.4 cm³/mol. The van der Waals surface area contributed by atoms with Crippen LogP contribution in [-0.4, -0.2) is 23.3 Å². The van der Waals surface area contributed by atoms with Crippen LogP contribution < -0.4 is 10.1 Å². The van der Waals surface area contributed by atoms with Gasteiger partial charge in [0.15, 0.2) is 6.61 Å². The molecule has 1 N–H and O–H groups in total. The van der Waals surface area contributed by atoms with E-state index in [0.29, 0.717) is 17.1 Å². The highest BCUT2D eigenvalue weighted by molar-refractivity contribution is 6.31. The maximum atomic E-state index is 12.0. The maximum absolute atomic E-state index is 12.0. The van der Waals surface area contributed by atoms with E-state index in [4.69, 9.17) is 11.6 Å². The Morgan fingerprint density at radius 3 is 2.47 bits per heavy atom. The fourth-order valence-electron chi connectivity index (χ4n) is 1.19. The smallest absolute Gasteiger partial charge is 0.422 e. The first-order chi connectivity index (χ1) is 8.57. The summed E-state index contributed by atoms with van der Waals surface area (Å²) in [4.78, 5) is 3.70. The molecule has 1 rings (SSSR count). The lowest BCUT2D eigenvalue weighted by Crippen LogP contribution is -2.35. The quantitative estimate of drug-likeness (QED) is 0.922. The molecule has 0 radical (unpaired) electrons. The SMILES string of the molecule is CC(C)(C)NCc1cc(OCC(F)(F)F)ncc1Cl. The van der Waals surface area contributed by atoms with Crippen LogP contribution >= 0.6 is 11.6 Å². The van der Waals surface area contributed by atoms with Crippen LogP contribution in [0.2, 0.25) is 5.02 Å². The van der Waals surface area contributed by atoms with Crippen molar-refractivity contribution in [2.24, 2.45) is 0 Å². The van der Waals surface area contributed by atoms with Gasteiger partial charge in [-0.05, 0) is 26.3 Å². The molecule has 0 aliphatic rings. The highest BCUT2D eigenvalue weighted by atomic mass is 35.5. The zero-order chi connectivity index (χ0) is 14.7. The molecule has 1 aromatic heterocycles. The normalized spacial score (nSPS) is 12.6. The Hall–Kier alpha value is -1.01. The number of nitrogens with one attached hydrogen (secondary N) is 1. The fraction of sp³-hybridized carbons (Fsp3) is 0.583. The number of hydrogen-bond donors (Lipinski definition) is 1. The number of pyridine rings is 1. The topological polar surface area (TPSA) is 34.1 Å². The van der Waals surface area contributed by atoms with E-state index in [-0.39, 0.29) is 11.4 Å². The van der Waals surface area contributed by atoms with Crippen molar-refractivity contribution in [1.82, 2.24) is 10.3 Å². The summed E-state index contributed by atoms with van der Waals surface area (Å²) in [5, 5.41) is 3.57. The van der Waals surface area contributed by atoms with E-state index in [0.717, 1.165) is 0 Å². The van der Waals surface area contributed by atoms with Crippen LogP contribution in [0.25, 0.3) is 0 Å². The minimum Gasteiger partial charge on any atom is -0.468 e. The Balaban J connectivity index is 2.71. The van der Waals surface area contributed by atoms with E-state index < -0.39 is 12.8 Å². The molecule has 0 bridgehead atoms. The summed E-state index contributed by atoms with van der Waals surface area (Å²) in [5.74, 6) is -0.0903. The minimum absolute atomic E-state index is 0.0903. The first-order valence-electron chi connectivity index (χ1n) is 5.66. The van der Waals surface area contributed by atoms with Gasteiger partial charge in [0.25, 0.3) is 0 Å². The third-order valence-electron chi connectivity index (χ3n) is 2.10. The van der Waals surface area contributed by atoms with Crippen LogP contribution in [0.15, 0.2) is 12.3 Å². The second-order valence-electron chi connectivity index (χ2n) is 5.12. The number of nitrogens with zero attached hydrogens (tertiary/aromatic N) is 1. The molecular weight excluding hydrogens is 281 g/mol. The van der Waals surface area contributed by atoms with Gasteiger partial charge in [-0.3, -0.25) is 0 Å². The minimum atomic E-state index is -4.38. The molecular formula is C12H16ClF3N2O. The molecule has 1 aromatic rings. The summed E-state index contributed by atoms with van der Waals surface area (Å²) >= 11 is 5.93. The van der Waals surface area contributed by atoms with Crippen molar-refractivity contribution in [3.63, 3.8) is 0 Å². The van der Waals surface area contributed by atoms with E-state index in [1.54, 1.807) is 0 Å². The average molecular weight is 297 g/mol. The Morgan fingerprint density at radius 1 is 1.32 bits per heavy atom. The van der Waals surface area contributed by atoms with Crippen LogP contribution in [0.4, 0.5) is 13.2 Å². The molecule has 0 spiro atoms. The Bertz CT molecular complexity index is 430. The standard InChI is InChI=1S/C12H16ClF3N2O/c1-11(2,3)18-5-8-4-10(17-6-9(8)13)19-7-12(14,15)16/h4,6,18H,5,7H2,1-3H3. The summed E-state index contributed by atoms with van der Waals surface area (Å²) in [6.45, 7) is 4.98. The Morgan fingerprint density at radius 2 is 1.95 bits per heavy atom. The van der Waals surface area contributed by atoms with Crippen molar-refractivity contribution < 1.29 is 17.9 Å². The van der Waals surface area contributed by atoms with Crippen molar-refractivity contribution in [2.45, 2.75) is 39.0 Å². The molecule has 0 amide bonds. The average Bonchev–Trinajstić information content (AvgIpc) is 2.24. The third-order valence-corrected chi connectivity index (χ3v) is 2.44. The summed E-state index contributed by atoms with van der Waals surface area (Å²) in [6, 6.07) is 1.41. The molecule has 0 aromatic carbocycles. The van der Waals surface area contributed by atoms with Gasteiger partial charge >= 0.3 is 6.18 Å². The van der Waals surface area contributed by atoms with Crippen LogP contribution in [0.5, 0.6) is 5.88 Å². The number of alkyl halides is 3. The van der Waals surface area contributed by atoms with E-state index in [2.05, 4.69) is 15.0 Å². The van der Waals surface area contributed by atoms with Crippen LogP contribution in [0.1, 0.15) is 26.3 Å². The second kappa shape index (κ2) is 5.96. The van der Waals surface area contributed by atoms with Gasteiger partial charge in [0, 0.05) is 24.3 Å². The molecule has 1 heterocycles. The summed E-state index contributed by atoms with van der Waals surface area (Å²) in [7, 11) is 0. The Kier molecular flexibility index (Phi) is 5.04. The van der Waals surface area contributed by atoms with Crippen LogP contribution in [0, 0.1) is 0 Å². The van der Waals surface area contributed by atoms with Gasteiger partial charge in [-0.25, -0.2) is 4.98 Å². The van der Waals surface area contributed by atoms with Crippen molar-refractivity contribution in [2.75, 3.05) is 6.61 Å². The molecule has 0 atom stereocenters. The number of ether oxygens (including phenoxy) is 1. The zero-order valence-corrected chi connectivity index (χ0v) is 11.7. The van der Waals surface area contributed by atoms with Crippen LogP contribution in [-0.2, 0) is 6.54 Å². The van der Waals surface area contributed by atoms with Gasteiger partial charge < -0.3 is 10.1 Å². The maximum Gasteiger partial charge on any atom is 0.422 e. The van der Waals surface area contributed by atoms with Gasteiger partial charge in [-0.2, -0.15) is 13.2 Å². The molecule has 0 aliphatic carbocycles. The lowest BCUT2D eigenvalue weighted by Gasteiger charge is -2.21. The molecule has 3 nitrogen and oxygen atoms in total. The first kappa shape index (κ1) is 16.0. The molecule has 7 heteroatoms. The van der Waals surface area contributed by atoms with Gasteiger partial charge in [0.2, 0.25) is 5.88 Å². The number of aromatic nitrogens is 1. The summed E-state index contributed by atoms with van der Waals surface area (Å²) in [5.41, 5.74) is 0.517. The predicted octanol–water partition coefficient (Wildman–Crippen LogP) is 3.56. The van der Waals surface area contributed by atoms with Gasteiger partial charge in [0.1, 0.15) is 0 Å². The number of hydrogen-bond acceptors (Lipinski definition) is 3. The van der Waals surface area contributed by atoms with Crippen molar-refractivity contribution in [3.8, 4) is 5.88 Å². The number of rotatable bonds is 4. The van der Waals surface area contributed by atoms with E-state index in [1.165, 1.54) is 12.3 Å². The zero-order valence-electron chi connectivity index (χ0n) is 10.9. The molecule has 108 valence electrons. The van der Waals surface area contributed by atoms with E-state index in [9.17, 15) is 13.2 Å². The second-order valence-corrected chi connectivity index (χ2v) is 5.53. The summed E-state index contributed by atoms with van der Waals surface area (Å²) < 4.78 is 40.7. The lowest BCUT2D eigenvalue weighted by atomic mass is 10.1. The van der Waals surface area contributed by atoms with Crippen LogP contribution in [0.3, 0.4) is 0 Å². The lowest BCUT2D eigenvalue weighted by molar-refractivity contribution is -0.154.